The van der Waals surface area contributed by atoms with E-state index in [0.717, 1.165) is 5.56 Å². The molecule has 2 fully saturated rings. The average molecular weight is 303 g/mol. The molecule has 0 radical (unpaired) electrons. The Morgan fingerprint density at radius 1 is 1.41 bits per heavy atom. The van der Waals surface area contributed by atoms with Crippen LogP contribution in [-0.4, -0.2) is 42.6 Å². The third-order valence-electron chi connectivity index (χ3n) is 3.92. The van der Waals surface area contributed by atoms with Crippen LogP contribution in [0.15, 0.2) is 42.5 Å². The largest absolute Gasteiger partial charge is 0.450 e. The third-order valence-corrected chi connectivity index (χ3v) is 3.92. The Morgan fingerprint density at radius 3 is 2.86 bits per heavy atom. The van der Waals surface area contributed by atoms with Crippen molar-refractivity contribution in [3.05, 3.63) is 48.0 Å². The summed E-state index contributed by atoms with van der Waals surface area (Å²) in [6.45, 7) is 4.55. The van der Waals surface area contributed by atoms with E-state index in [2.05, 4.69) is 0 Å². The monoisotopic (exact) mass is 303 g/mol. The van der Waals surface area contributed by atoms with Gasteiger partial charge in [0.05, 0.1) is 19.3 Å². The van der Waals surface area contributed by atoms with Gasteiger partial charge in [-0.15, -0.1) is 0 Å². The highest BCUT2D eigenvalue weighted by molar-refractivity contribution is 5.69. The first-order valence-electron chi connectivity index (χ1n) is 7.66. The first kappa shape index (κ1) is 15.1. The molecule has 2 saturated heterocycles. The zero-order valence-corrected chi connectivity index (χ0v) is 12.8. The molecule has 0 aliphatic carbocycles. The molecule has 3 rings (SSSR count). The summed E-state index contributed by atoms with van der Waals surface area (Å²) in [5, 5.41) is 0. The van der Waals surface area contributed by atoms with Crippen LogP contribution in [0.2, 0.25) is 0 Å². The highest BCUT2D eigenvalue weighted by atomic mass is 16.6. The molecule has 0 bridgehead atoms. The Bertz CT molecular complexity index is 545. The fourth-order valence-corrected chi connectivity index (χ4v) is 2.85. The second-order valence-corrected chi connectivity index (χ2v) is 5.35. The lowest BCUT2D eigenvalue weighted by Crippen LogP contribution is -2.41. The molecule has 0 saturated carbocycles. The van der Waals surface area contributed by atoms with Crippen molar-refractivity contribution in [3.8, 4) is 0 Å². The van der Waals surface area contributed by atoms with Gasteiger partial charge in [0.15, 0.2) is 6.23 Å². The fourth-order valence-electron chi connectivity index (χ4n) is 2.85. The summed E-state index contributed by atoms with van der Waals surface area (Å²) in [5.41, 5.74) is 1.04. The van der Waals surface area contributed by atoms with Crippen molar-refractivity contribution in [1.29, 1.82) is 0 Å². The topological polar surface area (TPSA) is 51.3 Å². The van der Waals surface area contributed by atoms with E-state index in [9.17, 15) is 4.79 Å². The minimum absolute atomic E-state index is 0.0152. The molecule has 1 aromatic rings. The van der Waals surface area contributed by atoms with Crippen molar-refractivity contribution < 1.29 is 19.0 Å². The number of amides is 1. The number of hydrogen-bond donors (Lipinski definition) is 0. The highest BCUT2D eigenvalue weighted by Crippen LogP contribution is 2.39. The number of carbonyl (C=O) groups is 1. The Hall–Kier alpha value is -1.85. The quantitative estimate of drug-likeness (QED) is 0.634. The van der Waals surface area contributed by atoms with E-state index < -0.39 is 6.23 Å². The summed E-state index contributed by atoms with van der Waals surface area (Å²) in [5.74, 6) is 0. The van der Waals surface area contributed by atoms with Crippen LogP contribution in [0.25, 0.3) is 0 Å². The summed E-state index contributed by atoms with van der Waals surface area (Å²) in [7, 11) is 0. The number of carbonyl (C=O) groups excluding carboxylic acids is 1. The van der Waals surface area contributed by atoms with Gasteiger partial charge in [0.1, 0.15) is 12.2 Å². The molecule has 0 unspecified atom stereocenters. The van der Waals surface area contributed by atoms with E-state index in [4.69, 9.17) is 14.2 Å². The summed E-state index contributed by atoms with van der Waals surface area (Å²) in [6.07, 6.45) is 3.07. The van der Waals surface area contributed by atoms with E-state index in [1.807, 2.05) is 49.4 Å². The second-order valence-electron chi connectivity index (χ2n) is 5.35. The molecule has 0 aromatic heterocycles. The van der Waals surface area contributed by atoms with Gasteiger partial charge in [0, 0.05) is 0 Å². The van der Waals surface area contributed by atoms with Crippen molar-refractivity contribution in [2.24, 2.45) is 0 Å². The van der Waals surface area contributed by atoms with E-state index in [0.29, 0.717) is 13.2 Å². The number of ether oxygens (including phenoxy) is 3. The van der Waals surface area contributed by atoms with Crippen LogP contribution < -0.4 is 0 Å². The van der Waals surface area contributed by atoms with E-state index in [1.54, 1.807) is 11.8 Å². The average Bonchev–Trinajstić information content (AvgIpc) is 3.15. The van der Waals surface area contributed by atoms with E-state index >= 15 is 0 Å². The Balaban J connectivity index is 1.81. The molecule has 1 amide bonds. The van der Waals surface area contributed by atoms with Crippen LogP contribution in [0.5, 0.6) is 0 Å². The molecular formula is C17H21NO4. The lowest BCUT2D eigenvalue weighted by molar-refractivity contribution is 0.00525. The van der Waals surface area contributed by atoms with Crippen LogP contribution in [0.4, 0.5) is 4.79 Å². The van der Waals surface area contributed by atoms with Crippen molar-refractivity contribution in [3.63, 3.8) is 0 Å². The summed E-state index contributed by atoms with van der Waals surface area (Å²) >= 11 is 0. The zero-order chi connectivity index (χ0) is 15.5. The Labute approximate surface area is 130 Å². The molecular weight excluding hydrogens is 282 g/mol. The van der Waals surface area contributed by atoms with Crippen molar-refractivity contribution in [2.45, 2.75) is 38.3 Å². The molecule has 2 aliphatic heterocycles. The number of nitrogens with zero attached hydrogens (tertiary/aromatic N) is 1. The molecule has 0 spiro atoms. The van der Waals surface area contributed by atoms with Gasteiger partial charge in [-0.25, -0.2) is 4.79 Å². The number of hydrogen-bond acceptors (Lipinski definition) is 4. The van der Waals surface area contributed by atoms with Crippen molar-refractivity contribution >= 4 is 6.09 Å². The van der Waals surface area contributed by atoms with Gasteiger partial charge in [-0.05, 0) is 19.4 Å². The van der Waals surface area contributed by atoms with Gasteiger partial charge >= 0.3 is 6.09 Å². The molecule has 5 heteroatoms. The molecule has 1 aromatic carbocycles. The molecule has 0 N–H and O–H groups in total. The smallest absolute Gasteiger partial charge is 0.412 e. The summed E-state index contributed by atoms with van der Waals surface area (Å²) in [6, 6.07) is 9.74. The standard InChI is InChI=1S/C17H21NO4/c1-3-8-14-15(22-14)16-18(17(19)20-4-2)13(11-21-16)12-9-6-5-7-10-12/h3,5-10,13-16H,4,11H2,1-2H3/b8-3+/t13-,14-,15+,16+/m0/s1. The molecule has 4 atom stereocenters. The first-order chi connectivity index (χ1) is 10.8. The highest BCUT2D eigenvalue weighted by Gasteiger charge is 2.53. The molecule has 118 valence electrons. The van der Waals surface area contributed by atoms with E-state index in [-0.39, 0.29) is 24.3 Å². The van der Waals surface area contributed by atoms with Crippen LogP contribution >= 0.6 is 0 Å². The van der Waals surface area contributed by atoms with Crippen LogP contribution in [0.1, 0.15) is 25.5 Å². The third kappa shape index (κ3) is 2.87. The van der Waals surface area contributed by atoms with Crippen LogP contribution in [0.3, 0.4) is 0 Å². The number of allylic oxidation sites excluding steroid dienone is 1. The molecule has 5 nitrogen and oxygen atoms in total. The molecule has 2 aliphatic rings. The minimum atomic E-state index is -0.398. The van der Waals surface area contributed by atoms with Gasteiger partial charge in [-0.3, -0.25) is 4.90 Å². The lowest BCUT2D eigenvalue weighted by Gasteiger charge is -2.26. The van der Waals surface area contributed by atoms with Gasteiger partial charge < -0.3 is 14.2 Å². The summed E-state index contributed by atoms with van der Waals surface area (Å²) < 4.78 is 16.7. The van der Waals surface area contributed by atoms with E-state index in [1.165, 1.54) is 0 Å². The Morgan fingerprint density at radius 2 is 2.18 bits per heavy atom. The SMILES string of the molecule is C/C=C/[C@@H]1O[C@H]1[C@H]1OC[C@@H](c2ccccc2)N1C(=O)OCC. The van der Waals surface area contributed by atoms with Crippen LogP contribution in [0, 0.1) is 0 Å². The predicted octanol–water partition coefficient (Wildman–Crippen LogP) is 2.89. The number of benzene rings is 1. The second kappa shape index (κ2) is 6.50. The zero-order valence-electron chi connectivity index (χ0n) is 12.8. The maximum atomic E-state index is 12.4. The lowest BCUT2D eigenvalue weighted by atomic mass is 10.1. The molecule has 22 heavy (non-hydrogen) atoms. The molecule has 2 heterocycles. The van der Waals surface area contributed by atoms with Gasteiger partial charge in [-0.1, -0.05) is 42.5 Å². The minimum Gasteiger partial charge on any atom is -0.450 e. The van der Waals surface area contributed by atoms with Gasteiger partial charge in [0.2, 0.25) is 0 Å². The van der Waals surface area contributed by atoms with Crippen molar-refractivity contribution in [2.75, 3.05) is 13.2 Å². The number of rotatable bonds is 4. The number of epoxide rings is 1. The normalized spacial score (nSPS) is 30.7. The first-order valence-corrected chi connectivity index (χ1v) is 7.66. The maximum absolute atomic E-state index is 12.4. The van der Waals surface area contributed by atoms with Gasteiger partial charge in [-0.2, -0.15) is 0 Å². The maximum Gasteiger partial charge on any atom is 0.412 e. The fraction of sp³-hybridized carbons (Fsp3) is 0.471. The van der Waals surface area contributed by atoms with Gasteiger partial charge in [0.25, 0.3) is 0 Å². The predicted molar refractivity (Wildman–Crippen MR) is 81.3 cm³/mol. The Kier molecular flexibility index (Phi) is 4.45. The summed E-state index contributed by atoms with van der Waals surface area (Å²) in [4.78, 5) is 14.1. The van der Waals surface area contributed by atoms with Crippen LogP contribution in [-0.2, 0) is 14.2 Å². The van der Waals surface area contributed by atoms with Crippen molar-refractivity contribution in [1.82, 2.24) is 4.90 Å².